The number of halogens is 2. The number of carbonyl (C=O) groups excluding carboxylic acids is 4. The molecular formula is C25H16ClFN2O5. The molecule has 3 aromatic carbocycles. The van der Waals surface area contributed by atoms with Crippen LogP contribution >= 0.6 is 11.6 Å². The Morgan fingerprint density at radius 2 is 1.74 bits per heavy atom. The van der Waals surface area contributed by atoms with Gasteiger partial charge in [0.1, 0.15) is 17.1 Å². The van der Waals surface area contributed by atoms with E-state index in [0.29, 0.717) is 11.3 Å². The Bertz CT molecular complexity index is 1370. The number of imide groups is 2. The van der Waals surface area contributed by atoms with Crippen molar-refractivity contribution in [3.05, 3.63) is 99.8 Å². The minimum Gasteiger partial charge on any atom is -0.421 e. The largest absolute Gasteiger partial charge is 0.421 e. The van der Waals surface area contributed by atoms with Crippen molar-refractivity contribution < 1.29 is 28.3 Å². The van der Waals surface area contributed by atoms with E-state index in [1.165, 1.54) is 42.5 Å². The molecule has 1 heterocycles. The highest BCUT2D eigenvalue weighted by molar-refractivity contribution is 6.39. The number of hydrogen-bond donors (Lipinski definition) is 1. The second-order valence-electron chi connectivity index (χ2n) is 7.35. The highest BCUT2D eigenvalue weighted by atomic mass is 35.5. The number of ether oxygens (including phenoxy) is 1. The Balaban J connectivity index is 1.59. The minimum atomic E-state index is -0.930. The first kappa shape index (κ1) is 22.9. The van der Waals surface area contributed by atoms with E-state index in [0.717, 1.165) is 16.5 Å². The predicted molar refractivity (Wildman–Crippen MR) is 123 cm³/mol. The number of carbonyl (C=O) groups is 4. The summed E-state index contributed by atoms with van der Waals surface area (Å²) in [4.78, 5) is 50.7. The first-order valence-electron chi connectivity index (χ1n) is 9.99. The van der Waals surface area contributed by atoms with Crippen molar-refractivity contribution in [1.82, 2.24) is 5.32 Å². The highest BCUT2D eigenvalue weighted by Crippen LogP contribution is 2.29. The highest BCUT2D eigenvalue weighted by Gasteiger charge is 2.36. The standard InChI is InChI=1S/C25H16ClFN2O5/c1-14-6-9-16(10-7-14)29-23(31)18(22(30)28-25(29)33)12-15-8-11-21(19(26)13-15)34-24(32)17-4-2-3-5-20(17)27/h2-13H,1H3,(H,28,30,33)/b18-12-. The average Bonchev–Trinajstić information content (AvgIpc) is 2.79. The lowest BCUT2D eigenvalue weighted by atomic mass is 10.1. The van der Waals surface area contributed by atoms with Gasteiger partial charge in [0.15, 0.2) is 0 Å². The van der Waals surface area contributed by atoms with Crippen molar-refractivity contribution in [3.8, 4) is 5.75 Å². The van der Waals surface area contributed by atoms with E-state index in [9.17, 15) is 23.6 Å². The Labute approximate surface area is 198 Å². The number of anilines is 1. The number of barbiturate groups is 1. The van der Waals surface area contributed by atoms with Crippen molar-refractivity contribution in [3.63, 3.8) is 0 Å². The molecule has 1 fully saturated rings. The van der Waals surface area contributed by atoms with Crippen LogP contribution in [0.3, 0.4) is 0 Å². The second-order valence-corrected chi connectivity index (χ2v) is 7.76. The normalized spacial score (nSPS) is 14.9. The van der Waals surface area contributed by atoms with Crippen molar-refractivity contribution in [1.29, 1.82) is 0 Å². The zero-order valence-electron chi connectivity index (χ0n) is 17.7. The number of amides is 4. The summed E-state index contributed by atoms with van der Waals surface area (Å²) in [6.45, 7) is 1.86. The van der Waals surface area contributed by atoms with Gasteiger partial charge in [0.2, 0.25) is 0 Å². The molecular weight excluding hydrogens is 463 g/mol. The summed E-state index contributed by atoms with van der Waals surface area (Å²) >= 11 is 6.20. The van der Waals surface area contributed by atoms with Crippen molar-refractivity contribution in [2.75, 3.05) is 4.90 Å². The fraction of sp³-hybridized carbons (Fsp3) is 0.0400. The maximum Gasteiger partial charge on any atom is 0.346 e. The summed E-state index contributed by atoms with van der Waals surface area (Å²) < 4.78 is 19.0. The van der Waals surface area contributed by atoms with Crippen LogP contribution in [-0.4, -0.2) is 23.8 Å². The van der Waals surface area contributed by atoms with Crippen LogP contribution in [0.15, 0.2) is 72.3 Å². The second kappa shape index (κ2) is 9.29. The van der Waals surface area contributed by atoms with E-state index in [1.807, 2.05) is 6.92 Å². The van der Waals surface area contributed by atoms with Gasteiger partial charge in [0.25, 0.3) is 11.8 Å². The molecule has 0 bridgehead atoms. The Morgan fingerprint density at radius 3 is 2.41 bits per heavy atom. The molecule has 1 saturated heterocycles. The van der Waals surface area contributed by atoms with Crippen LogP contribution < -0.4 is 15.0 Å². The van der Waals surface area contributed by atoms with Gasteiger partial charge in [-0.1, -0.05) is 47.5 Å². The molecule has 34 heavy (non-hydrogen) atoms. The van der Waals surface area contributed by atoms with Gasteiger partial charge in [-0.15, -0.1) is 0 Å². The van der Waals surface area contributed by atoms with Crippen molar-refractivity contribution >= 4 is 47.2 Å². The third kappa shape index (κ3) is 4.57. The third-order valence-electron chi connectivity index (χ3n) is 4.96. The molecule has 1 N–H and O–H groups in total. The summed E-state index contributed by atoms with van der Waals surface area (Å²) in [5.74, 6) is -3.36. The van der Waals surface area contributed by atoms with Gasteiger partial charge in [-0.2, -0.15) is 0 Å². The lowest BCUT2D eigenvalue weighted by molar-refractivity contribution is -0.122. The topological polar surface area (TPSA) is 92.8 Å². The van der Waals surface area contributed by atoms with Gasteiger partial charge in [-0.25, -0.2) is 18.9 Å². The van der Waals surface area contributed by atoms with Crippen LogP contribution in [0, 0.1) is 12.7 Å². The first-order valence-corrected chi connectivity index (χ1v) is 10.4. The predicted octanol–water partition coefficient (Wildman–Crippen LogP) is 4.67. The summed E-state index contributed by atoms with van der Waals surface area (Å²) in [5, 5.41) is 2.13. The molecule has 1 aliphatic heterocycles. The lowest BCUT2D eigenvalue weighted by Gasteiger charge is -2.26. The molecule has 7 nitrogen and oxygen atoms in total. The molecule has 0 aliphatic carbocycles. The van der Waals surface area contributed by atoms with Gasteiger partial charge >= 0.3 is 12.0 Å². The Morgan fingerprint density at radius 1 is 1.03 bits per heavy atom. The van der Waals surface area contributed by atoms with E-state index in [2.05, 4.69) is 5.32 Å². The molecule has 0 aromatic heterocycles. The maximum atomic E-state index is 13.8. The number of esters is 1. The summed E-state index contributed by atoms with van der Waals surface area (Å²) in [6, 6.07) is 15.3. The van der Waals surface area contributed by atoms with Crippen LogP contribution in [0.4, 0.5) is 14.9 Å². The number of aryl methyl sites for hydroxylation is 1. The summed E-state index contributed by atoms with van der Waals surface area (Å²) in [6.07, 6.45) is 1.26. The van der Waals surface area contributed by atoms with Gasteiger partial charge in [0, 0.05) is 0 Å². The van der Waals surface area contributed by atoms with Crippen molar-refractivity contribution in [2.24, 2.45) is 0 Å². The van der Waals surface area contributed by atoms with Crippen LogP contribution in [0.25, 0.3) is 6.08 Å². The monoisotopic (exact) mass is 478 g/mol. The van der Waals surface area contributed by atoms with Gasteiger partial charge in [-0.05, 0) is 55.0 Å². The molecule has 3 aromatic rings. The molecule has 170 valence electrons. The third-order valence-corrected chi connectivity index (χ3v) is 5.25. The van der Waals surface area contributed by atoms with Crippen LogP contribution in [0.1, 0.15) is 21.5 Å². The fourth-order valence-corrected chi connectivity index (χ4v) is 3.45. The molecule has 4 amide bonds. The number of hydrogen-bond acceptors (Lipinski definition) is 5. The minimum absolute atomic E-state index is 0.00540. The number of benzene rings is 3. The van der Waals surface area contributed by atoms with E-state index in [1.54, 1.807) is 24.3 Å². The number of urea groups is 1. The Hall–Kier alpha value is -4.30. The SMILES string of the molecule is Cc1ccc(N2C(=O)NC(=O)/C(=C/c3ccc(OC(=O)c4ccccc4F)c(Cl)c3)C2=O)cc1. The van der Waals surface area contributed by atoms with Crippen LogP contribution in [0.5, 0.6) is 5.75 Å². The van der Waals surface area contributed by atoms with E-state index in [-0.39, 0.29) is 21.9 Å². The average molecular weight is 479 g/mol. The summed E-state index contributed by atoms with van der Waals surface area (Å²) in [7, 11) is 0. The molecule has 0 atom stereocenters. The Kier molecular flexibility index (Phi) is 6.25. The number of nitrogens with one attached hydrogen (secondary N) is 1. The van der Waals surface area contributed by atoms with Gasteiger partial charge in [-0.3, -0.25) is 14.9 Å². The zero-order chi connectivity index (χ0) is 24.4. The van der Waals surface area contributed by atoms with Crippen LogP contribution in [-0.2, 0) is 9.59 Å². The molecule has 9 heteroatoms. The smallest absolute Gasteiger partial charge is 0.346 e. The molecule has 0 unspecified atom stereocenters. The molecule has 4 rings (SSSR count). The van der Waals surface area contributed by atoms with E-state index < -0.39 is 29.6 Å². The quantitative estimate of drug-likeness (QED) is 0.254. The zero-order valence-corrected chi connectivity index (χ0v) is 18.4. The summed E-state index contributed by atoms with van der Waals surface area (Å²) in [5.41, 5.74) is 1.04. The van der Waals surface area contributed by atoms with Gasteiger partial charge < -0.3 is 4.74 Å². The maximum absolute atomic E-state index is 13.8. The van der Waals surface area contributed by atoms with Gasteiger partial charge in [0.05, 0.1) is 16.3 Å². The van der Waals surface area contributed by atoms with Crippen molar-refractivity contribution in [2.45, 2.75) is 6.92 Å². The van der Waals surface area contributed by atoms with Crippen LogP contribution in [0.2, 0.25) is 5.02 Å². The van der Waals surface area contributed by atoms with E-state index >= 15 is 0 Å². The first-order chi connectivity index (χ1) is 16.2. The number of rotatable bonds is 4. The molecule has 1 aliphatic rings. The molecule has 0 spiro atoms. The molecule has 0 radical (unpaired) electrons. The fourth-order valence-electron chi connectivity index (χ4n) is 3.22. The number of nitrogens with zero attached hydrogens (tertiary/aromatic N) is 1. The lowest BCUT2D eigenvalue weighted by Crippen LogP contribution is -2.54. The molecule has 0 saturated carbocycles. The van der Waals surface area contributed by atoms with E-state index in [4.69, 9.17) is 16.3 Å².